The van der Waals surface area contributed by atoms with E-state index in [0.29, 0.717) is 0 Å². The Bertz CT molecular complexity index is 221. The lowest BCUT2D eigenvalue weighted by Crippen LogP contribution is -2.42. The van der Waals surface area contributed by atoms with Gasteiger partial charge in [-0.05, 0) is 14.1 Å². The largest absolute Gasteiger partial charge is 0.323 e. The van der Waals surface area contributed by atoms with Crippen LogP contribution in [0.25, 0.3) is 0 Å². The maximum absolute atomic E-state index is 5.40. The molecule has 0 fully saturated rings. The molecule has 22 heavy (non-hydrogen) atoms. The summed E-state index contributed by atoms with van der Waals surface area (Å²) in [6.45, 7) is 14.8. The lowest BCUT2D eigenvalue weighted by atomic mass is 10.6. The van der Waals surface area contributed by atoms with Crippen molar-refractivity contribution in [3.8, 4) is 0 Å². The highest BCUT2D eigenvalue weighted by molar-refractivity contribution is 6.92. The first-order valence-electron chi connectivity index (χ1n) is 7.23. The Labute approximate surface area is 158 Å². The Hall–Kier alpha value is 0.704. The Morgan fingerprint density at radius 3 is 1.64 bits per heavy atom. The highest BCUT2D eigenvalue weighted by Gasteiger charge is 2.17. The minimum Gasteiger partial charge on any atom is -0.323 e. The number of nitrogens with one attached hydrogen (secondary N) is 1. The topological polar surface area (TPSA) is 15.3 Å². The van der Waals surface area contributed by atoms with Crippen LogP contribution >= 0.6 is 34.3 Å². The Balaban J connectivity index is -0.0000000690. The zero-order chi connectivity index (χ0) is 17.7. The van der Waals surface area contributed by atoms with E-state index in [9.17, 15) is 0 Å². The van der Waals surface area contributed by atoms with Crippen LogP contribution in [0.5, 0.6) is 0 Å². The van der Waals surface area contributed by atoms with Crippen LogP contribution in [-0.2, 0) is 0 Å². The van der Waals surface area contributed by atoms with E-state index in [-0.39, 0.29) is 16.3 Å². The maximum Gasteiger partial charge on any atom is 0.122 e. The third kappa shape index (κ3) is 42.8. The number of nitrogens with zero attached hydrogens (tertiary/aromatic N) is 1. The van der Waals surface area contributed by atoms with Crippen molar-refractivity contribution in [1.82, 2.24) is 9.88 Å². The molecular weight excluding hydrogens is 371 g/mol. The average Bonchev–Trinajstić information content (AvgIpc) is 2.45. The summed E-state index contributed by atoms with van der Waals surface area (Å²) in [5.41, 5.74) is 3.08. The molecule has 0 rings (SSSR count). The third-order valence-electron chi connectivity index (χ3n) is 2.02. The normalized spacial score (nSPS) is 10.5. The molecule has 0 unspecified atom stereocenters. The molecule has 0 aliphatic heterocycles. The first-order chi connectivity index (χ1) is 9.81. The van der Waals surface area contributed by atoms with Gasteiger partial charge in [-0.1, -0.05) is 82.8 Å². The second-order valence-corrected chi connectivity index (χ2v) is 12.3. The van der Waals surface area contributed by atoms with Gasteiger partial charge in [-0.2, -0.15) is 11.1 Å². The monoisotopic (exact) mass is 408 g/mol. The second kappa shape index (κ2) is 29.7. The minimum absolute atomic E-state index is 0. The summed E-state index contributed by atoms with van der Waals surface area (Å²) in [7, 11) is 2.83. The van der Waals surface area contributed by atoms with E-state index in [1.54, 1.807) is 5.54 Å². The molecule has 0 aromatic rings. The number of hydrogen-bond acceptors (Lipinski definition) is 2. The predicted octanol–water partition coefficient (Wildman–Crippen LogP) is 5.48. The van der Waals surface area contributed by atoms with Gasteiger partial charge < -0.3 is 9.88 Å². The van der Waals surface area contributed by atoms with Crippen LogP contribution in [-0.4, -0.2) is 48.8 Å². The molecule has 0 aromatic carbocycles. The van der Waals surface area contributed by atoms with Gasteiger partial charge in [0, 0.05) is 24.2 Å². The van der Waals surface area contributed by atoms with Gasteiger partial charge in [0.25, 0.3) is 0 Å². The predicted molar refractivity (Wildman–Crippen MR) is 118 cm³/mol. The fraction of sp³-hybridized carbons (Fsp3) is 0.733. The summed E-state index contributed by atoms with van der Waals surface area (Å²) < 4.78 is 2.37. The molecule has 0 aliphatic carbocycles. The van der Waals surface area contributed by atoms with Crippen molar-refractivity contribution in [1.29, 1.82) is 0 Å². The molecule has 7 heteroatoms. The first-order valence-corrected chi connectivity index (χ1v) is 15.1. The van der Waals surface area contributed by atoms with E-state index < -0.39 is 8.24 Å². The van der Waals surface area contributed by atoms with Gasteiger partial charge in [0.15, 0.2) is 0 Å². The van der Waals surface area contributed by atoms with Gasteiger partial charge in [-0.25, -0.2) is 0 Å². The van der Waals surface area contributed by atoms with Gasteiger partial charge >= 0.3 is 0 Å². The number of hydrogen-bond donors (Lipinski definition) is 1. The average molecular weight is 410 g/mol. The Kier molecular flexibility index (Phi) is 46.0. The van der Waals surface area contributed by atoms with Crippen LogP contribution < -0.4 is 5.32 Å². The summed E-state index contributed by atoms with van der Waals surface area (Å²) in [5.74, 6) is 0. The highest BCUT2D eigenvalue weighted by Crippen LogP contribution is 2.05. The molecule has 2 nitrogen and oxygen atoms in total. The first kappa shape index (κ1) is 34.1. The number of halogens is 3. The standard InChI is InChI=1S/C7H16ClNSi.C4H8ClN.C2H6.CH5ClSi.CH4/c1-9(7-5-6-8)10(2,3)4;1-6-4-2-3-5;1-2;1-3-2;/h5-6H,7H2,1-4H3;2-3,6H,4H2,1H3;1-2H3;3H2,1H3;1H4/b6-5+;3-2+;;;. The summed E-state index contributed by atoms with van der Waals surface area (Å²) in [6.07, 6.45) is 3.81. The molecule has 0 bridgehead atoms. The van der Waals surface area contributed by atoms with Gasteiger partial charge in [0.05, 0.1) is 0 Å². The summed E-state index contributed by atoms with van der Waals surface area (Å²) in [4.78, 5) is 0. The minimum atomic E-state index is -1.07. The van der Waals surface area contributed by atoms with Gasteiger partial charge in [0.1, 0.15) is 17.1 Å². The molecule has 138 valence electrons. The molecule has 0 heterocycles. The molecule has 0 saturated heterocycles. The van der Waals surface area contributed by atoms with Gasteiger partial charge in [-0.3, -0.25) is 0 Å². The SMILES string of the molecule is C.CC.CN(C/C=C/Cl)[Si](C)(C)C.CNC/C=C/Cl.C[SiH2]Cl. The smallest absolute Gasteiger partial charge is 0.122 e. The van der Waals surface area contributed by atoms with E-state index in [1.165, 1.54) is 5.54 Å². The van der Waals surface area contributed by atoms with E-state index in [0.717, 1.165) is 13.1 Å². The zero-order valence-electron chi connectivity index (χ0n) is 15.0. The highest BCUT2D eigenvalue weighted by atomic mass is 35.6. The summed E-state index contributed by atoms with van der Waals surface area (Å²) >= 11 is 15.7. The molecule has 0 amide bonds. The molecule has 0 radical (unpaired) electrons. The fourth-order valence-electron chi connectivity index (χ4n) is 0.634. The molecule has 0 atom stereocenters. The molecular formula is C15H39Cl3N2Si2. The Morgan fingerprint density at radius 1 is 1.09 bits per heavy atom. The maximum atomic E-state index is 5.40. The van der Waals surface area contributed by atoms with E-state index in [4.69, 9.17) is 34.3 Å². The lowest BCUT2D eigenvalue weighted by Gasteiger charge is -2.28. The van der Waals surface area contributed by atoms with E-state index in [1.807, 2.05) is 39.6 Å². The van der Waals surface area contributed by atoms with E-state index >= 15 is 0 Å². The van der Waals surface area contributed by atoms with Crippen LogP contribution in [0.4, 0.5) is 0 Å². The number of likely N-dealkylation sites (N-methyl/N-ethyl adjacent to an activating group) is 2. The second-order valence-electron chi connectivity index (χ2n) is 4.60. The van der Waals surface area contributed by atoms with Crippen molar-refractivity contribution in [3.63, 3.8) is 0 Å². The molecule has 0 aromatic heterocycles. The molecule has 0 spiro atoms. The fourth-order valence-corrected chi connectivity index (χ4v) is 1.46. The number of rotatable bonds is 5. The molecule has 0 aliphatic rings. The van der Waals surface area contributed by atoms with Crippen LogP contribution in [0.3, 0.4) is 0 Å². The van der Waals surface area contributed by atoms with Crippen molar-refractivity contribution in [3.05, 3.63) is 23.2 Å². The Morgan fingerprint density at radius 2 is 1.45 bits per heavy atom. The van der Waals surface area contributed by atoms with E-state index in [2.05, 4.69) is 36.6 Å². The molecule has 1 N–H and O–H groups in total. The van der Waals surface area contributed by atoms with Crippen molar-refractivity contribution in [2.24, 2.45) is 0 Å². The lowest BCUT2D eigenvalue weighted by molar-refractivity contribution is 0.569. The van der Waals surface area contributed by atoms with Crippen LogP contribution in [0.2, 0.25) is 26.2 Å². The quantitative estimate of drug-likeness (QED) is 0.477. The zero-order valence-corrected chi connectivity index (χ0v) is 19.7. The van der Waals surface area contributed by atoms with Crippen LogP contribution in [0.1, 0.15) is 21.3 Å². The van der Waals surface area contributed by atoms with Crippen molar-refractivity contribution in [2.75, 3.05) is 27.2 Å². The van der Waals surface area contributed by atoms with Crippen LogP contribution in [0.15, 0.2) is 23.2 Å². The van der Waals surface area contributed by atoms with Crippen molar-refractivity contribution < 1.29 is 0 Å². The van der Waals surface area contributed by atoms with Gasteiger partial charge in [-0.15, -0.1) is 0 Å². The van der Waals surface area contributed by atoms with Gasteiger partial charge in [0.2, 0.25) is 0 Å². The van der Waals surface area contributed by atoms with Crippen LogP contribution in [0, 0.1) is 0 Å². The summed E-state index contributed by atoms with van der Waals surface area (Å²) in [5, 5.41) is 2.90. The summed E-state index contributed by atoms with van der Waals surface area (Å²) in [6, 6.07) is 0. The third-order valence-corrected chi connectivity index (χ3v) is 4.85. The van der Waals surface area contributed by atoms with Crippen molar-refractivity contribution >= 4 is 51.3 Å². The van der Waals surface area contributed by atoms with Crippen molar-refractivity contribution in [2.45, 2.75) is 47.5 Å². The molecule has 0 saturated carbocycles.